The Hall–Kier alpha value is -0.840. The molecule has 2 atom stereocenters. The Morgan fingerprint density at radius 3 is 2.47 bits per heavy atom. The molecule has 0 aromatic rings. The zero-order chi connectivity index (χ0) is 13.5. The highest BCUT2D eigenvalue weighted by atomic mass is 35.5. The Kier molecular flexibility index (Phi) is 8.72. The van der Waals surface area contributed by atoms with Crippen molar-refractivity contribution in [2.24, 2.45) is 11.7 Å². The van der Waals surface area contributed by atoms with Crippen LogP contribution in [0.4, 0.5) is 0 Å². The molecule has 1 heterocycles. The maximum Gasteiger partial charge on any atom is 0.237 e. The third-order valence-electron chi connectivity index (χ3n) is 3.46. The summed E-state index contributed by atoms with van der Waals surface area (Å²) in [7, 11) is 0. The molecule has 1 aliphatic rings. The van der Waals surface area contributed by atoms with Gasteiger partial charge in [-0.3, -0.25) is 9.69 Å². The monoisotopic (exact) mass is 287 g/mol. The van der Waals surface area contributed by atoms with Gasteiger partial charge in [0.25, 0.3) is 0 Å². The van der Waals surface area contributed by atoms with E-state index in [1.807, 2.05) is 6.92 Å². The zero-order valence-electron chi connectivity index (χ0n) is 11.8. The van der Waals surface area contributed by atoms with Crippen LogP contribution in [0.3, 0.4) is 0 Å². The number of carbonyl (C=O) groups excluding carboxylic acids is 1. The summed E-state index contributed by atoms with van der Waals surface area (Å²) in [5.74, 6) is 0.658. The SMILES string of the molecule is C=CCN(CC=C)C(=O)CN1CCC(C(C)N)C1.Cl. The predicted molar refractivity (Wildman–Crippen MR) is 82.4 cm³/mol. The van der Waals surface area contributed by atoms with Gasteiger partial charge < -0.3 is 10.6 Å². The van der Waals surface area contributed by atoms with Gasteiger partial charge in [0.15, 0.2) is 0 Å². The van der Waals surface area contributed by atoms with Gasteiger partial charge in [0.2, 0.25) is 5.91 Å². The number of amides is 1. The summed E-state index contributed by atoms with van der Waals surface area (Å²) in [6.45, 7) is 12.9. The third kappa shape index (κ3) is 5.76. The lowest BCUT2D eigenvalue weighted by Crippen LogP contribution is -2.40. The molecule has 1 aliphatic heterocycles. The maximum absolute atomic E-state index is 12.1. The van der Waals surface area contributed by atoms with Crippen LogP contribution in [0, 0.1) is 5.92 Å². The van der Waals surface area contributed by atoms with E-state index < -0.39 is 0 Å². The first-order valence-corrected chi connectivity index (χ1v) is 6.56. The van der Waals surface area contributed by atoms with Crippen LogP contribution in [0.15, 0.2) is 25.3 Å². The molecule has 2 N–H and O–H groups in total. The van der Waals surface area contributed by atoms with Crippen molar-refractivity contribution >= 4 is 18.3 Å². The summed E-state index contributed by atoms with van der Waals surface area (Å²) in [5, 5.41) is 0. The molecular formula is C14H26ClN3O. The summed E-state index contributed by atoms with van der Waals surface area (Å²) >= 11 is 0. The van der Waals surface area contributed by atoms with Gasteiger partial charge in [0, 0.05) is 25.7 Å². The Morgan fingerprint density at radius 2 is 2.05 bits per heavy atom. The van der Waals surface area contributed by atoms with Crippen LogP contribution in [-0.2, 0) is 4.79 Å². The lowest BCUT2D eigenvalue weighted by Gasteiger charge is -2.23. The molecule has 1 rings (SSSR count). The minimum Gasteiger partial charge on any atom is -0.334 e. The third-order valence-corrected chi connectivity index (χ3v) is 3.46. The lowest BCUT2D eigenvalue weighted by molar-refractivity contribution is -0.131. The molecule has 1 saturated heterocycles. The van der Waals surface area contributed by atoms with Crippen LogP contribution in [0.2, 0.25) is 0 Å². The molecule has 0 aromatic heterocycles. The van der Waals surface area contributed by atoms with E-state index in [1.165, 1.54) is 0 Å². The van der Waals surface area contributed by atoms with E-state index in [-0.39, 0.29) is 24.4 Å². The summed E-state index contributed by atoms with van der Waals surface area (Å²) in [6.07, 6.45) is 4.58. The van der Waals surface area contributed by atoms with Gasteiger partial charge in [-0.1, -0.05) is 12.2 Å². The first kappa shape index (κ1) is 18.2. The molecule has 0 bridgehead atoms. The van der Waals surface area contributed by atoms with Gasteiger partial charge in [0.1, 0.15) is 0 Å². The molecule has 1 fully saturated rings. The average molecular weight is 288 g/mol. The van der Waals surface area contributed by atoms with Gasteiger partial charge in [-0.05, 0) is 25.8 Å². The molecule has 4 nitrogen and oxygen atoms in total. The maximum atomic E-state index is 12.1. The molecule has 5 heteroatoms. The fourth-order valence-electron chi connectivity index (χ4n) is 2.32. The van der Waals surface area contributed by atoms with Crippen molar-refractivity contribution in [2.45, 2.75) is 19.4 Å². The number of rotatable bonds is 7. The molecule has 0 aliphatic carbocycles. The second kappa shape index (κ2) is 9.13. The topological polar surface area (TPSA) is 49.6 Å². The lowest BCUT2D eigenvalue weighted by atomic mass is 10.0. The standard InChI is InChI=1S/C14H25N3O.ClH/c1-4-7-17(8-5-2)14(18)11-16-9-6-13(10-16)12(3)15;/h4-5,12-13H,1-2,6-11,15H2,3H3;1H. The van der Waals surface area contributed by atoms with Crippen LogP contribution in [-0.4, -0.2) is 54.5 Å². The molecule has 0 spiro atoms. The smallest absolute Gasteiger partial charge is 0.237 e. The van der Waals surface area contributed by atoms with Crippen molar-refractivity contribution in [3.8, 4) is 0 Å². The Bertz CT molecular complexity index is 297. The van der Waals surface area contributed by atoms with Crippen molar-refractivity contribution in [1.29, 1.82) is 0 Å². The van der Waals surface area contributed by atoms with Gasteiger partial charge in [-0.2, -0.15) is 0 Å². The number of hydrogen-bond acceptors (Lipinski definition) is 3. The first-order chi connectivity index (χ1) is 8.58. The number of likely N-dealkylation sites (tertiary alicyclic amines) is 1. The summed E-state index contributed by atoms with van der Waals surface area (Å²) < 4.78 is 0. The minimum atomic E-state index is 0. The Morgan fingerprint density at radius 1 is 1.47 bits per heavy atom. The highest BCUT2D eigenvalue weighted by Gasteiger charge is 2.27. The van der Waals surface area contributed by atoms with E-state index in [0.29, 0.717) is 25.6 Å². The second-order valence-electron chi connectivity index (χ2n) is 5.02. The van der Waals surface area contributed by atoms with E-state index >= 15 is 0 Å². The van der Waals surface area contributed by atoms with Crippen molar-refractivity contribution in [2.75, 3.05) is 32.7 Å². The molecule has 0 aromatic carbocycles. The Balaban J connectivity index is 0.00000324. The van der Waals surface area contributed by atoms with Crippen molar-refractivity contribution < 1.29 is 4.79 Å². The highest BCUT2D eigenvalue weighted by molar-refractivity contribution is 5.85. The van der Waals surface area contributed by atoms with Gasteiger partial charge >= 0.3 is 0 Å². The van der Waals surface area contributed by atoms with E-state index in [2.05, 4.69) is 18.1 Å². The Labute approximate surface area is 122 Å². The number of hydrogen-bond donors (Lipinski definition) is 1. The number of nitrogens with zero attached hydrogens (tertiary/aromatic N) is 2. The first-order valence-electron chi connectivity index (χ1n) is 6.56. The van der Waals surface area contributed by atoms with Crippen LogP contribution < -0.4 is 5.73 Å². The van der Waals surface area contributed by atoms with Gasteiger partial charge in [-0.15, -0.1) is 25.6 Å². The molecule has 110 valence electrons. The average Bonchev–Trinajstić information content (AvgIpc) is 2.77. The quantitative estimate of drug-likeness (QED) is 0.718. The zero-order valence-corrected chi connectivity index (χ0v) is 12.6. The summed E-state index contributed by atoms with van der Waals surface area (Å²) in [6, 6.07) is 0.211. The highest BCUT2D eigenvalue weighted by Crippen LogP contribution is 2.18. The van der Waals surface area contributed by atoms with E-state index in [4.69, 9.17) is 5.73 Å². The van der Waals surface area contributed by atoms with Crippen LogP contribution in [0.25, 0.3) is 0 Å². The molecule has 0 radical (unpaired) electrons. The van der Waals surface area contributed by atoms with Gasteiger partial charge in [-0.25, -0.2) is 0 Å². The number of carbonyl (C=O) groups is 1. The number of halogens is 1. The molecule has 0 saturated carbocycles. The summed E-state index contributed by atoms with van der Waals surface area (Å²) in [4.78, 5) is 16.1. The normalized spacial score (nSPS) is 20.4. The molecule has 2 unspecified atom stereocenters. The summed E-state index contributed by atoms with van der Waals surface area (Å²) in [5.41, 5.74) is 5.90. The predicted octanol–water partition coefficient (Wildman–Crippen LogP) is 1.28. The van der Waals surface area contributed by atoms with Crippen molar-refractivity contribution in [3.63, 3.8) is 0 Å². The molecular weight excluding hydrogens is 262 g/mol. The van der Waals surface area contributed by atoms with Crippen LogP contribution in [0.5, 0.6) is 0 Å². The van der Waals surface area contributed by atoms with Crippen LogP contribution in [0.1, 0.15) is 13.3 Å². The number of nitrogens with two attached hydrogens (primary N) is 1. The van der Waals surface area contributed by atoms with E-state index in [9.17, 15) is 4.79 Å². The fraction of sp³-hybridized carbons (Fsp3) is 0.643. The largest absolute Gasteiger partial charge is 0.334 e. The fourth-order valence-corrected chi connectivity index (χ4v) is 2.32. The van der Waals surface area contributed by atoms with Crippen molar-refractivity contribution in [3.05, 3.63) is 25.3 Å². The minimum absolute atomic E-state index is 0. The van der Waals surface area contributed by atoms with Gasteiger partial charge in [0.05, 0.1) is 6.54 Å². The molecule has 19 heavy (non-hydrogen) atoms. The van der Waals surface area contributed by atoms with E-state index in [1.54, 1.807) is 17.1 Å². The van der Waals surface area contributed by atoms with E-state index in [0.717, 1.165) is 19.5 Å². The second-order valence-corrected chi connectivity index (χ2v) is 5.02. The molecule has 1 amide bonds. The van der Waals surface area contributed by atoms with Crippen molar-refractivity contribution in [1.82, 2.24) is 9.80 Å². The van der Waals surface area contributed by atoms with Crippen LogP contribution >= 0.6 is 12.4 Å².